The zero-order valence-electron chi connectivity index (χ0n) is 13.3. The quantitative estimate of drug-likeness (QED) is 0.753. The van der Waals surface area contributed by atoms with Crippen LogP contribution in [0.2, 0.25) is 0 Å². The van der Waals surface area contributed by atoms with Gasteiger partial charge in [0, 0.05) is 10.9 Å². The minimum absolute atomic E-state index is 0. The van der Waals surface area contributed by atoms with E-state index >= 15 is 0 Å². The molecule has 1 heterocycles. The third-order valence-corrected chi connectivity index (χ3v) is 6.61. The third-order valence-electron chi connectivity index (χ3n) is 4.11. The van der Waals surface area contributed by atoms with Gasteiger partial charge in [0.2, 0.25) is 0 Å². The van der Waals surface area contributed by atoms with Crippen LogP contribution in [0.15, 0.2) is 60.0 Å². The van der Waals surface area contributed by atoms with Crippen LogP contribution in [0.4, 0.5) is 0 Å². The van der Waals surface area contributed by atoms with E-state index in [1.807, 2.05) is 18.2 Å². The van der Waals surface area contributed by atoms with Gasteiger partial charge in [-0.05, 0) is 54.7 Å². The van der Waals surface area contributed by atoms with E-state index in [1.54, 1.807) is 0 Å². The van der Waals surface area contributed by atoms with Gasteiger partial charge in [-0.3, -0.25) is 0 Å². The second-order valence-corrected chi connectivity index (χ2v) is 7.90. The van der Waals surface area contributed by atoms with Crippen molar-refractivity contribution in [1.29, 1.82) is 0 Å². The SMILES string of the molecule is C=Cc1ccccc1COc1ccc([S+]2CCCCC2)cc1.[Cl-]. The lowest BCUT2D eigenvalue weighted by molar-refractivity contribution is -0.00000478. The van der Waals surface area contributed by atoms with Crippen molar-refractivity contribution >= 4 is 17.0 Å². The number of halogens is 1. The Morgan fingerprint density at radius 2 is 1.65 bits per heavy atom. The summed E-state index contributed by atoms with van der Waals surface area (Å²) in [6.07, 6.45) is 6.07. The Bertz CT molecular complexity index is 618. The average Bonchev–Trinajstić information content (AvgIpc) is 2.61. The summed E-state index contributed by atoms with van der Waals surface area (Å²) in [6.45, 7) is 4.45. The van der Waals surface area contributed by atoms with Gasteiger partial charge >= 0.3 is 0 Å². The van der Waals surface area contributed by atoms with Gasteiger partial charge in [-0.25, -0.2) is 0 Å². The second kappa shape index (κ2) is 9.05. The van der Waals surface area contributed by atoms with E-state index in [0.717, 1.165) is 11.3 Å². The molecule has 1 nitrogen and oxygen atoms in total. The Balaban J connectivity index is 0.00000192. The molecule has 3 heteroatoms. The molecular weight excluding hydrogens is 324 g/mol. The molecule has 23 heavy (non-hydrogen) atoms. The first-order valence-electron chi connectivity index (χ1n) is 7.97. The first kappa shape index (κ1) is 18.0. The topological polar surface area (TPSA) is 9.23 Å². The molecule has 0 amide bonds. The molecule has 0 aromatic heterocycles. The van der Waals surface area contributed by atoms with Crippen molar-refractivity contribution in [2.75, 3.05) is 11.5 Å². The molecule has 1 fully saturated rings. The molecule has 2 aromatic carbocycles. The molecule has 0 spiro atoms. The van der Waals surface area contributed by atoms with Gasteiger partial charge < -0.3 is 17.1 Å². The summed E-state index contributed by atoms with van der Waals surface area (Å²) in [6, 6.07) is 17.0. The van der Waals surface area contributed by atoms with Crippen LogP contribution in [-0.4, -0.2) is 11.5 Å². The highest BCUT2D eigenvalue weighted by Gasteiger charge is 2.24. The van der Waals surface area contributed by atoms with E-state index in [4.69, 9.17) is 4.74 Å². The van der Waals surface area contributed by atoms with Gasteiger partial charge in [0.1, 0.15) is 23.9 Å². The van der Waals surface area contributed by atoms with Crippen molar-refractivity contribution in [1.82, 2.24) is 0 Å². The molecule has 1 saturated heterocycles. The van der Waals surface area contributed by atoms with Crippen LogP contribution in [-0.2, 0) is 17.5 Å². The van der Waals surface area contributed by atoms with Gasteiger partial charge in [-0.1, -0.05) is 36.9 Å². The molecule has 0 saturated carbocycles. The van der Waals surface area contributed by atoms with E-state index in [9.17, 15) is 0 Å². The summed E-state index contributed by atoms with van der Waals surface area (Å²) in [5, 5.41) is 0. The molecule has 1 aliphatic heterocycles. The van der Waals surface area contributed by atoms with Crippen LogP contribution in [0.1, 0.15) is 30.4 Å². The minimum atomic E-state index is 0. The maximum Gasteiger partial charge on any atom is 0.155 e. The summed E-state index contributed by atoms with van der Waals surface area (Å²) in [7, 11) is 0.470. The van der Waals surface area contributed by atoms with Gasteiger partial charge in [0.25, 0.3) is 0 Å². The lowest BCUT2D eigenvalue weighted by Gasteiger charge is -2.14. The van der Waals surface area contributed by atoms with Crippen molar-refractivity contribution in [2.24, 2.45) is 0 Å². The summed E-state index contributed by atoms with van der Waals surface area (Å²) >= 11 is 0. The summed E-state index contributed by atoms with van der Waals surface area (Å²) < 4.78 is 5.93. The molecule has 0 radical (unpaired) electrons. The fourth-order valence-electron chi connectivity index (χ4n) is 2.82. The normalized spacial score (nSPS) is 14.8. The lowest BCUT2D eigenvalue weighted by Crippen LogP contribution is -3.00. The van der Waals surface area contributed by atoms with Crippen LogP contribution in [0.5, 0.6) is 5.75 Å². The molecule has 0 N–H and O–H groups in total. The first-order valence-corrected chi connectivity index (χ1v) is 9.54. The number of hydrogen-bond donors (Lipinski definition) is 0. The van der Waals surface area contributed by atoms with Crippen molar-refractivity contribution in [3.8, 4) is 5.75 Å². The summed E-state index contributed by atoms with van der Waals surface area (Å²) in [5.41, 5.74) is 2.32. The predicted molar refractivity (Wildman–Crippen MR) is 96.5 cm³/mol. The third kappa shape index (κ3) is 4.79. The molecule has 122 valence electrons. The Morgan fingerprint density at radius 1 is 0.957 bits per heavy atom. The Hall–Kier alpha value is -1.38. The van der Waals surface area contributed by atoms with E-state index in [2.05, 4.69) is 43.0 Å². The van der Waals surface area contributed by atoms with Gasteiger partial charge in [-0.15, -0.1) is 0 Å². The fourth-order valence-corrected chi connectivity index (χ4v) is 5.12. The smallest absolute Gasteiger partial charge is 0.155 e. The molecule has 1 aliphatic rings. The molecule has 0 unspecified atom stereocenters. The number of hydrogen-bond acceptors (Lipinski definition) is 1. The Labute approximate surface area is 148 Å². The zero-order valence-corrected chi connectivity index (χ0v) is 14.9. The van der Waals surface area contributed by atoms with Gasteiger partial charge in [0.15, 0.2) is 4.90 Å². The Morgan fingerprint density at radius 3 is 2.35 bits per heavy atom. The fraction of sp³-hybridized carbons (Fsp3) is 0.300. The highest BCUT2D eigenvalue weighted by Crippen LogP contribution is 2.24. The average molecular weight is 347 g/mol. The van der Waals surface area contributed by atoms with Crippen molar-refractivity contribution in [2.45, 2.75) is 30.8 Å². The van der Waals surface area contributed by atoms with E-state index < -0.39 is 0 Å². The van der Waals surface area contributed by atoms with Crippen molar-refractivity contribution in [3.63, 3.8) is 0 Å². The maximum absolute atomic E-state index is 5.93. The lowest BCUT2D eigenvalue weighted by atomic mass is 10.1. The number of ether oxygens (including phenoxy) is 1. The molecule has 0 bridgehead atoms. The van der Waals surface area contributed by atoms with E-state index in [-0.39, 0.29) is 12.4 Å². The van der Waals surface area contributed by atoms with E-state index in [1.165, 1.54) is 41.2 Å². The van der Waals surface area contributed by atoms with Crippen LogP contribution in [0, 0.1) is 0 Å². The van der Waals surface area contributed by atoms with Gasteiger partial charge in [-0.2, -0.15) is 0 Å². The summed E-state index contributed by atoms with van der Waals surface area (Å²) in [4.78, 5) is 1.50. The van der Waals surface area contributed by atoms with Crippen LogP contribution in [0.25, 0.3) is 6.08 Å². The molecule has 0 atom stereocenters. The molecular formula is C20H23ClOS. The zero-order chi connectivity index (χ0) is 15.2. The largest absolute Gasteiger partial charge is 1.00 e. The Kier molecular flexibility index (Phi) is 7.07. The predicted octanol–water partition coefficient (Wildman–Crippen LogP) is 2.07. The van der Waals surface area contributed by atoms with Crippen LogP contribution >= 0.6 is 0 Å². The number of benzene rings is 2. The highest BCUT2D eigenvalue weighted by molar-refractivity contribution is 7.96. The van der Waals surface area contributed by atoms with Crippen molar-refractivity contribution in [3.05, 3.63) is 66.2 Å². The summed E-state index contributed by atoms with van der Waals surface area (Å²) in [5.74, 6) is 3.68. The minimum Gasteiger partial charge on any atom is -1.00 e. The molecule has 2 aromatic rings. The molecule has 0 aliphatic carbocycles. The van der Waals surface area contributed by atoms with Gasteiger partial charge in [0.05, 0.1) is 0 Å². The maximum atomic E-state index is 5.93. The van der Waals surface area contributed by atoms with E-state index in [0.29, 0.717) is 17.5 Å². The standard InChI is InChI=1S/C20H23OS.ClH/c1-2-17-8-4-5-9-18(17)16-21-19-10-12-20(13-11-19)22-14-6-3-7-15-22;/h2,4-5,8-13H,1,3,6-7,14-16H2;1H/q+1;/p-1. The van der Waals surface area contributed by atoms with Crippen molar-refractivity contribution < 1.29 is 17.1 Å². The van der Waals surface area contributed by atoms with Crippen LogP contribution in [0.3, 0.4) is 0 Å². The first-order chi connectivity index (χ1) is 10.9. The second-order valence-electron chi connectivity index (χ2n) is 5.62. The highest BCUT2D eigenvalue weighted by atomic mass is 35.5. The van der Waals surface area contributed by atoms with Crippen LogP contribution < -0.4 is 17.1 Å². The monoisotopic (exact) mass is 346 g/mol. The number of rotatable bonds is 5. The molecule has 3 rings (SSSR count).